The Balaban J connectivity index is 1.60. The highest BCUT2D eigenvalue weighted by atomic mass is 19.1. The molecule has 7 heteroatoms. The molecule has 2 unspecified atom stereocenters. The molecule has 0 saturated carbocycles. The Kier molecular flexibility index (Phi) is 8.02. The summed E-state index contributed by atoms with van der Waals surface area (Å²) in [6.07, 6.45) is 7.88. The van der Waals surface area contributed by atoms with E-state index in [1.165, 1.54) is 6.08 Å². The number of halogens is 1. The van der Waals surface area contributed by atoms with Crippen LogP contribution in [0.15, 0.2) is 101 Å². The lowest BCUT2D eigenvalue weighted by atomic mass is 9.91. The first kappa shape index (κ1) is 25.0. The minimum Gasteiger partial charge on any atom is -0.487 e. The molecule has 4 rings (SSSR count). The average Bonchev–Trinajstić information content (AvgIpc) is 2.88. The van der Waals surface area contributed by atoms with E-state index in [0.29, 0.717) is 35.8 Å². The summed E-state index contributed by atoms with van der Waals surface area (Å²) in [6, 6.07) is 14.8. The number of benzene rings is 2. The first-order chi connectivity index (χ1) is 17.5. The zero-order valence-corrected chi connectivity index (χ0v) is 20.2. The number of nitrogens with zero attached hydrogens (tertiary/aromatic N) is 3. The van der Waals surface area contributed by atoms with Crippen LogP contribution in [0.4, 0.5) is 15.8 Å². The van der Waals surface area contributed by atoms with Crippen molar-refractivity contribution in [1.82, 2.24) is 4.90 Å². The topological polar surface area (TPSA) is 66.3 Å². The quantitative estimate of drug-likeness (QED) is 0.414. The molecule has 1 amide bonds. The third kappa shape index (κ3) is 6.12. The van der Waals surface area contributed by atoms with E-state index in [0.717, 1.165) is 23.3 Å². The number of piperidine rings is 1. The molecule has 0 radical (unpaired) electrons. The molecule has 1 aliphatic carbocycles. The molecule has 1 heterocycles. The molecule has 2 aromatic rings. The van der Waals surface area contributed by atoms with E-state index in [1.54, 1.807) is 6.20 Å². The highest BCUT2D eigenvalue weighted by Crippen LogP contribution is 2.30. The molecule has 1 fully saturated rings. The fourth-order valence-electron chi connectivity index (χ4n) is 4.15. The van der Waals surface area contributed by atoms with E-state index in [-0.39, 0.29) is 5.91 Å². The van der Waals surface area contributed by atoms with Crippen LogP contribution < -0.4 is 10.1 Å². The second-order valence-electron chi connectivity index (χ2n) is 8.66. The van der Waals surface area contributed by atoms with Crippen molar-refractivity contribution in [2.75, 3.05) is 25.5 Å². The summed E-state index contributed by atoms with van der Waals surface area (Å²) in [5.74, 6) is 0.335. The molecule has 36 heavy (non-hydrogen) atoms. The number of amides is 1. The van der Waals surface area contributed by atoms with Gasteiger partial charge in [-0.15, -0.1) is 0 Å². The Labute approximate surface area is 210 Å². The minimum atomic E-state index is -1.02. The molecule has 0 spiro atoms. The van der Waals surface area contributed by atoms with Crippen molar-refractivity contribution in [3.63, 3.8) is 0 Å². The van der Waals surface area contributed by atoms with Gasteiger partial charge >= 0.3 is 0 Å². The smallest absolute Gasteiger partial charge is 0.247 e. The van der Waals surface area contributed by atoms with Gasteiger partial charge in [0.25, 0.3) is 0 Å². The Bertz CT molecular complexity index is 1260. The van der Waals surface area contributed by atoms with Crippen LogP contribution in [-0.4, -0.2) is 55.6 Å². The Morgan fingerprint density at radius 2 is 2.06 bits per heavy atom. The lowest BCUT2D eigenvalue weighted by Crippen LogP contribution is -2.45. The molecule has 1 N–H and O–H groups in total. The Morgan fingerprint density at radius 3 is 2.78 bits per heavy atom. The van der Waals surface area contributed by atoms with Gasteiger partial charge in [-0.1, -0.05) is 36.9 Å². The molecule has 1 saturated heterocycles. The summed E-state index contributed by atoms with van der Waals surface area (Å²) < 4.78 is 20.3. The second-order valence-corrected chi connectivity index (χ2v) is 8.66. The lowest BCUT2D eigenvalue weighted by molar-refractivity contribution is -0.111. The average molecular weight is 485 g/mol. The fourth-order valence-corrected chi connectivity index (χ4v) is 4.15. The standard InChI is InChI=1S/C29H29FN4O2/c1-4-28(35)32-23-9-5-7-20(17-23)25-10-6-8-21(18-31-2)29(25)33-22-11-13-24(14-12-22)36-27-15-16-34(3)19-26(27)30/h4-14,17-18,26-27H,1-2,15-16,19H2,3H3,(H,32,35)/b21-18-,33-29?. The zero-order valence-electron chi connectivity index (χ0n) is 20.2. The molecule has 184 valence electrons. The van der Waals surface area contributed by atoms with Gasteiger partial charge in [-0.2, -0.15) is 0 Å². The third-order valence-electron chi connectivity index (χ3n) is 5.97. The number of allylic oxidation sites excluding steroid dienone is 5. The van der Waals surface area contributed by atoms with Gasteiger partial charge in [-0.3, -0.25) is 9.79 Å². The summed E-state index contributed by atoms with van der Waals surface area (Å²) in [6.45, 7) is 8.27. The van der Waals surface area contributed by atoms with E-state index in [1.807, 2.05) is 78.7 Å². The maximum atomic E-state index is 14.4. The van der Waals surface area contributed by atoms with Crippen LogP contribution in [0.25, 0.3) is 5.57 Å². The Hall–Kier alpha value is -4.10. The van der Waals surface area contributed by atoms with Gasteiger partial charge in [0.05, 0.1) is 11.4 Å². The SMILES string of the molecule is C=CC(=O)Nc1cccc(C2=CC=C/C(=C/N=C)C2=Nc2ccc(OC3CCN(C)CC3F)cc2)c1. The number of hydrogen-bond acceptors (Lipinski definition) is 5. The molecule has 2 atom stereocenters. The van der Waals surface area contributed by atoms with Crippen LogP contribution in [0.5, 0.6) is 5.75 Å². The highest BCUT2D eigenvalue weighted by Gasteiger charge is 2.29. The number of carbonyl (C=O) groups excluding carboxylic acids is 1. The maximum Gasteiger partial charge on any atom is 0.247 e. The molecule has 2 aliphatic rings. The number of hydrogen-bond donors (Lipinski definition) is 1. The number of alkyl halides is 1. The van der Waals surface area contributed by atoms with Gasteiger partial charge < -0.3 is 15.0 Å². The van der Waals surface area contributed by atoms with Gasteiger partial charge in [0.2, 0.25) is 5.91 Å². The molecule has 0 aromatic heterocycles. The van der Waals surface area contributed by atoms with Gasteiger partial charge in [-0.05, 0) is 68.2 Å². The van der Waals surface area contributed by atoms with Crippen LogP contribution in [0.1, 0.15) is 12.0 Å². The molecule has 2 aromatic carbocycles. The van der Waals surface area contributed by atoms with Crippen molar-refractivity contribution in [2.24, 2.45) is 9.98 Å². The van der Waals surface area contributed by atoms with E-state index in [9.17, 15) is 9.18 Å². The normalized spacial score (nSPS) is 22.2. The minimum absolute atomic E-state index is 0.281. The summed E-state index contributed by atoms with van der Waals surface area (Å²) in [4.78, 5) is 22.6. The highest BCUT2D eigenvalue weighted by molar-refractivity contribution is 6.34. The van der Waals surface area contributed by atoms with Gasteiger partial charge in [-0.25, -0.2) is 9.38 Å². The number of anilines is 1. The number of ether oxygens (including phenoxy) is 1. The summed E-state index contributed by atoms with van der Waals surface area (Å²) in [7, 11) is 1.91. The predicted molar refractivity (Wildman–Crippen MR) is 145 cm³/mol. The van der Waals surface area contributed by atoms with Gasteiger partial charge in [0.15, 0.2) is 0 Å². The molecule has 6 nitrogen and oxygen atoms in total. The summed E-state index contributed by atoms with van der Waals surface area (Å²) in [5.41, 5.74) is 4.63. The third-order valence-corrected chi connectivity index (χ3v) is 5.97. The first-order valence-corrected chi connectivity index (χ1v) is 11.7. The monoisotopic (exact) mass is 484 g/mol. The van der Waals surface area contributed by atoms with Crippen molar-refractivity contribution in [1.29, 1.82) is 0 Å². The van der Waals surface area contributed by atoms with E-state index in [4.69, 9.17) is 9.73 Å². The molecule has 0 bridgehead atoms. The lowest BCUT2D eigenvalue weighted by Gasteiger charge is -2.32. The number of rotatable bonds is 7. The van der Waals surface area contributed by atoms with Crippen molar-refractivity contribution < 1.29 is 13.9 Å². The molecular weight excluding hydrogens is 455 g/mol. The maximum absolute atomic E-state index is 14.4. The van der Waals surface area contributed by atoms with Crippen molar-refractivity contribution in [2.45, 2.75) is 18.7 Å². The van der Waals surface area contributed by atoms with Crippen LogP contribution in [0.3, 0.4) is 0 Å². The van der Waals surface area contributed by atoms with Crippen LogP contribution in [0.2, 0.25) is 0 Å². The van der Waals surface area contributed by atoms with Crippen LogP contribution in [-0.2, 0) is 4.79 Å². The summed E-state index contributed by atoms with van der Waals surface area (Å²) in [5, 5.41) is 2.79. The number of likely N-dealkylation sites (tertiary alicyclic amines) is 1. The zero-order chi connectivity index (χ0) is 25.5. The van der Waals surface area contributed by atoms with Gasteiger partial charge in [0, 0.05) is 36.1 Å². The van der Waals surface area contributed by atoms with E-state index < -0.39 is 12.3 Å². The number of aliphatic imine (C=N–C) groups is 2. The van der Waals surface area contributed by atoms with Crippen molar-refractivity contribution >= 4 is 35.3 Å². The Morgan fingerprint density at radius 1 is 1.25 bits per heavy atom. The van der Waals surface area contributed by atoms with Crippen LogP contribution >= 0.6 is 0 Å². The first-order valence-electron chi connectivity index (χ1n) is 11.7. The number of carbonyl (C=O) groups is 1. The van der Waals surface area contributed by atoms with Gasteiger partial charge in [0.1, 0.15) is 18.0 Å². The predicted octanol–water partition coefficient (Wildman–Crippen LogP) is 5.54. The molecular formula is C29H29FN4O2. The van der Waals surface area contributed by atoms with Crippen molar-refractivity contribution in [3.05, 3.63) is 96.8 Å². The second kappa shape index (κ2) is 11.6. The largest absolute Gasteiger partial charge is 0.487 e. The van der Waals surface area contributed by atoms with Crippen molar-refractivity contribution in [3.8, 4) is 5.75 Å². The van der Waals surface area contributed by atoms with E-state index >= 15 is 0 Å². The molecule has 1 aliphatic heterocycles. The van der Waals surface area contributed by atoms with Crippen LogP contribution in [0, 0.1) is 0 Å². The fraction of sp³-hybridized carbons (Fsp3) is 0.207. The summed E-state index contributed by atoms with van der Waals surface area (Å²) >= 11 is 0. The number of nitrogens with one attached hydrogen (secondary N) is 1. The van der Waals surface area contributed by atoms with E-state index in [2.05, 4.69) is 23.6 Å².